The molecule has 0 saturated heterocycles. The van der Waals surface area contributed by atoms with E-state index in [1.807, 2.05) is 0 Å². The summed E-state index contributed by atoms with van der Waals surface area (Å²) in [6, 6.07) is 0. The van der Waals surface area contributed by atoms with E-state index in [0.29, 0.717) is 0 Å². The van der Waals surface area contributed by atoms with Crippen LogP contribution in [-0.4, -0.2) is 52.6 Å². The van der Waals surface area contributed by atoms with Gasteiger partial charge in [-0.2, -0.15) is 0 Å². The fourth-order valence-corrected chi connectivity index (χ4v) is 0. The summed E-state index contributed by atoms with van der Waals surface area (Å²) in [7, 11) is -15.5. The van der Waals surface area contributed by atoms with E-state index in [1.54, 1.807) is 0 Å². The topological polar surface area (TPSA) is 241 Å². The quantitative estimate of drug-likeness (QED) is 0.194. The summed E-state index contributed by atoms with van der Waals surface area (Å²) in [4.78, 5) is 0. The summed E-state index contributed by atoms with van der Waals surface area (Å²) < 4.78 is 102. The maximum Gasteiger partial charge on any atom is 0.0311 e. The van der Waals surface area contributed by atoms with Gasteiger partial charge in [-0.3, -0.25) is 25.3 Å². The van der Waals surface area contributed by atoms with Crippen LogP contribution in [0.1, 0.15) is 0 Å². The smallest absolute Gasteiger partial charge is 0.0311 e. The Labute approximate surface area is 161 Å². The summed E-state index contributed by atoms with van der Waals surface area (Å²) in [6.45, 7) is 0. The van der Waals surface area contributed by atoms with Crippen molar-refractivity contribution in [3.63, 3.8) is 0 Å². The molecular formula is O12S3Sm2-6. The van der Waals surface area contributed by atoms with Gasteiger partial charge in [0.25, 0.3) is 0 Å². The molecule has 0 radical (unpaired) electrons. The first-order chi connectivity index (χ1) is 6.00. The molecular weight excluding hydrogens is 589 g/mol. The van der Waals surface area contributed by atoms with E-state index >= 15 is 0 Å². The molecule has 0 spiro atoms. The summed E-state index contributed by atoms with van der Waals surface area (Å²) in [5.74, 6) is 0. The Kier molecular flexibility index (Phi) is 24.7. The predicted molar refractivity (Wildman–Crippen MR) is 31.4 cm³/mol. The van der Waals surface area contributed by atoms with Crippen LogP contribution >= 0.6 is 0 Å². The summed E-state index contributed by atoms with van der Waals surface area (Å²) in [6.07, 6.45) is 0. The summed E-state index contributed by atoms with van der Waals surface area (Å²) in [5, 5.41) is 0. The molecule has 0 unspecified atom stereocenters. The second kappa shape index (κ2) is 13.3. The van der Waals surface area contributed by atoms with Gasteiger partial charge in [0.1, 0.15) is 0 Å². The van der Waals surface area contributed by atoms with Crippen molar-refractivity contribution in [2.75, 3.05) is 0 Å². The first-order valence-electron chi connectivity index (χ1n) is 2.00. The van der Waals surface area contributed by atoms with E-state index in [4.69, 9.17) is 52.6 Å². The van der Waals surface area contributed by atoms with Crippen LogP contribution in [-0.2, 0) is 31.2 Å². The van der Waals surface area contributed by atoms with Gasteiger partial charge in [-0.15, -0.1) is 0 Å². The average Bonchev–Trinajstić information content (AvgIpc) is 1.41. The van der Waals surface area contributed by atoms with Crippen LogP contribution < -0.4 is 0 Å². The van der Waals surface area contributed by atoms with Crippen LogP contribution in [0.3, 0.4) is 0 Å². The molecule has 108 valence electrons. The molecule has 0 aliphatic rings. The Morgan fingerprint density at radius 1 is 0.412 bits per heavy atom. The Morgan fingerprint density at radius 3 is 0.412 bits per heavy atom. The van der Waals surface area contributed by atoms with Gasteiger partial charge < -0.3 is 27.3 Å². The minimum atomic E-state index is -5.17. The predicted octanol–water partition coefficient (Wildman–Crippen LogP) is -4.01. The normalized spacial score (nSPS) is 10.2. The fraction of sp³-hybridized carbons (Fsp3) is 0. The molecule has 0 rings (SSSR count). The Balaban J connectivity index is -0.0000000400. The molecule has 0 fully saturated rings. The zero-order chi connectivity index (χ0) is 13.5. The van der Waals surface area contributed by atoms with E-state index in [1.165, 1.54) is 0 Å². The van der Waals surface area contributed by atoms with Gasteiger partial charge in [0.2, 0.25) is 0 Å². The molecule has 0 N–H and O–H groups in total. The van der Waals surface area contributed by atoms with Gasteiger partial charge in [-0.1, -0.05) is 0 Å². The van der Waals surface area contributed by atoms with Crippen LogP contribution in [0.5, 0.6) is 0 Å². The van der Waals surface area contributed by atoms with Crippen molar-refractivity contribution < 1.29 is 133 Å². The van der Waals surface area contributed by atoms with Crippen LogP contribution in [0.4, 0.5) is 0 Å². The zero-order valence-corrected chi connectivity index (χ0v) is 14.6. The molecule has 0 bridgehead atoms. The van der Waals surface area contributed by atoms with E-state index in [9.17, 15) is 0 Å². The molecule has 17 heteroatoms. The second-order valence-electron chi connectivity index (χ2n) is 1.22. The molecule has 17 heavy (non-hydrogen) atoms. The minimum Gasteiger partial charge on any atom is -0.759 e. The molecule has 0 heterocycles. The Hall–Kier alpha value is 2.29. The molecule has 0 aromatic heterocycles. The van der Waals surface area contributed by atoms with E-state index in [0.717, 1.165) is 0 Å². The maximum atomic E-state index is 8.52. The van der Waals surface area contributed by atoms with Crippen LogP contribution in [0, 0.1) is 80.8 Å². The van der Waals surface area contributed by atoms with Gasteiger partial charge in [0.05, 0.1) is 0 Å². The third kappa shape index (κ3) is 929. The van der Waals surface area contributed by atoms with E-state index in [2.05, 4.69) is 0 Å². The standard InChI is InChI=1S/3H2O4S.2Sm/c3*1-5(2,3)4;;/h3*(H2,1,2,3,4);;/p-6. The largest absolute Gasteiger partial charge is 0.759 e. The van der Waals surface area contributed by atoms with Gasteiger partial charge in [0.15, 0.2) is 0 Å². The van der Waals surface area contributed by atoms with Crippen molar-refractivity contribution in [2.45, 2.75) is 0 Å². The first-order valence-corrected chi connectivity index (χ1v) is 6.00. The van der Waals surface area contributed by atoms with Crippen LogP contribution in [0.2, 0.25) is 0 Å². The van der Waals surface area contributed by atoms with Gasteiger partial charge in [0, 0.05) is 112 Å². The average molecular weight is 589 g/mol. The molecule has 0 amide bonds. The molecule has 0 saturated carbocycles. The van der Waals surface area contributed by atoms with Crippen molar-refractivity contribution in [1.29, 1.82) is 0 Å². The fourth-order valence-electron chi connectivity index (χ4n) is 0. The minimum absolute atomic E-state index is 0. The van der Waals surface area contributed by atoms with E-state index in [-0.39, 0.29) is 80.8 Å². The number of hydrogen-bond donors (Lipinski definition) is 0. The van der Waals surface area contributed by atoms with E-state index < -0.39 is 31.2 Å². The van der Waals surface area contributed by atoms with Crippen molar-refractivity contribution in [3.05, 3.63) is 0 Å². The maximum absolute atomic E-state index is 8.52. The molecule has 0 atom stereocenters. The zero-order valence-electron chi connectivity index (χ0n) is 6.94. The summed E-state index contributed by atoms with van der Waals surface area (Å²) >= 11 is 0. The monoisotopic (exact) mass is 592 g/mol. The number of rotatable bonds is 0. The van der Waals surface area contributed by atoms with Crippen molar-refractivity contribution >= 4 is 31.2 Å². The van der Waals surface area contributed by atoms with Crippen LogP contribution in [0.15, 0.2) is 0 Å². The Bertz CT molecular complexity index is 341. The Morgan fingerprint density at radius 2 is 0.412 bits per heavy atom. The second-order valence-corrected chi connectivity index (χ2v) is 3.67. The first kappa shape index (κ1) is 31.6. The van der Waals surface area contributed by atoms with Crippen molar-refractivity contribution in [1.82, 2.24) is 0 Å². The van der Waals surface area contributed by atoms with Gasteiger partial charge >= 0.3 is 0 Å². The molecule has 0 aliphatic heterocycles. The SMILES string of the molecule is O=S(=O)([O-])[O-].O=S(=O)([O-])[O-].O=S(=O)([O-])[O-].[Sm].[Sm]. The molecule has 0 aromatic carbocycles. The number of hydrogen-bond acceptors (Lipinski definition) is 12. The molecule has 12 nitrogen and oxygen atoms in total. The molecule has 0 aromatic rings. The molecule has 0 aliphatic carbocycles. The van der Waals surface area contributed by atoms with Gasteiger partial charge in [-0.05, 0) is 0 Å². The van der Waals surface area contributed by atoms with Crippen molar-refractivity contribution in [3.8, 4) is 0 Å². The van der Waals surface area contributed by atoms with Crippen molar-refractivity contribution in [2.24, 2.45) is 0 Å². The third-order valence-electron chi connectivity index (χ3n) is 0. The van der Waals surface area contributed by atoms with Crippen LogP contribution in [0.25, 0.3) is 0 Å². The van der Waals surface area contributed by atoms with Gasteiger partial charge in [-0.25, -0.2) is 0 Å². The third-order valence-corrected chi connectivity index (χ3v) is 0. The summed E-state index contributed by atoms with van der Waals surface area (Å²) in [5.41, 5.74) is 0.